The number of nitrogens with zero attached hydrogens (tertiary/aromatic N) is 2. The Bertz CT molecular complexity index is 981. The third-order valence-electron chi connectivity index (χ3n) is 3.83. The van der Waals surface area contributed by atoms with Crippen LogP contribution in [0.1, 0.15) is 5.56 Å². The van der Waals surface area contributed by atoms with Gasteiger partial charge >= 0.3 is 12.5 Å². The van der Waals surface area contributed by atoms with Gasteiger partial charge in [-0.1, -0.05) is 23.4 Å². The van der Waals surface area contributed by atoms with Gasteiger partial charge < -0.3 is 14.6 Å². The van der Waals surface area contributed by atoms with Gasteiger partial charge in [-0.3, -0.25) is 0 Å². The number of fused-ring (bicyclic) bond motifs is 1. The number of aromatic amines is 1. The van der Waals surface area contributed by atoms with E-state index in [9.17, 15) is 17.6 Å². The Kier molecular flexibility index (Phi) is 5.95. The lowest BCUT2D eigenvalue weighted by Crippen LogP contribution is -2.33. The van der Waals surface area contributed by atoms with E-state index in [0.29, 0.717) is 27.0 Å². The molecular weight excluding hydrogens is 418 g/mol. The van der Waals surface area contributed by atoms with Crippen molar-refractivity contribution in [2.24, 2.45) is 0 Å². The van der Waals surface area contributed by atoms with Crippen molar-refractivity contribution < 1.29 is 22.3 Å². The molecular formula is C18H16ClF4N3OS. The van der Waals surface area contributed by atoms with E-state index < -0.39 is 12.5 Å². The number of halogens is 5. The maximum atomic E-state index is 13.1. The molecule has 1 aromatic heterocycles. The highest BCUT2D eigenvalue weighted by Gasteiger charge is 2.44. The lowest BCUT2D eigenvalue weighted by molar-refractivity contribution is -0.253. The molecule has 0 atom stereocenters. The molecule has 0 unspecified atom stereocenters. The molecule has 0 fully saturated rings. The van der Waals surface area contributed by atoms with E-state index in [4.69, 9.17) is 11.6 Å². The minimum Gasteiger partial charge on any atom is -0.428 e. The van der Waals surface area contributed by atoms with Crippen LogP contribution in [0.5, 0.6) is 5.75 Å². The minimum absolute atomic E-state index is 0.372. The average molecular weight is 434 g/mol. The Morgan fingerprint density at radius 1 is 1.21 bits per heavy atom. The summed E-state index contributed by atoms with van der Waals surface area (Å²) in [5.74, 6) is 0.198. The number of rotatable bonds is 7. The summed E-state index contributed by atoms with van der Waals surface area (Å²) in [4.78, 5) is 9.31. The second kappa shape index (κ2) is 8.08. The zero-order valence-corrected chi connectivity index (χ0v) is 16.4. The van der Waals surface area contributed by atoms with Crippen LogP contribution in [0, 0.1) is 0 Å². The van der Waals surface area contributed by atoms with Crippen molar-refractivity contribution in [1.29, 1.82) is 0 Å². The number of thioether (sulfide) groups is 1. The monoisotopic (exact) mass is 433 g/mol. The molecule has 0 aliphatic heterocycles. The highest BCUT2D eigenvalue weighted by molar-refractivity contribution is 7.98. The molecule has 3 rings (SSSR count). The van der Waals surface area contributed by atoms with Gasteiger partial charge in [0.2, 0.25) is 0 Å². The number of H-pyrrole nitrogens is 1. The summed E-state index contributed by atoms with van der Waals surface area (Å²) in [7, 11) is 3.85. The molecule has 0 aliphatic rings. The van der Waals surface area contributed by atoms with E-state index in [0.717, 1.165) is 11.3 Å². The Morgan fingerprint density at radius 3 is 2.64 bits per heavy atom. The van der Waals surface area contributed by atoms with Crippen molar-refractivity contribution in [2.75, 3.05) is 19.0 Å². The van der Waals surface area contributed by atoms with Gasteiger partial charge in [0.1, 0.15) is 5.75 Å². The van der Waals surface area contributed by atoms with Crippen LogP contribution in [-0.2, 0) is 5.75 Å². The van der Waals surface area contributed by atoms with Gasteiger partial charge in [0.25, 0.3) is 0 Å². The number of hydrogen-bond donors (Lipinski definition) is 1. The van der Waals surface area contributed by atoms with Gasteiger partial charge in [-0.05, 0) is 35.9 Å². The molecule has 0 bridgehead atoms. The predicted octanol–water partition coefficient (Wildman–Crippen LogP) is 5.81. The topological polar surface area (TPSA) is 41.2 Å². The fourth-order valence-electron chi connectivity index (χ4n) is 2.55. The summed E-state index contributed by atoms with van der Waals surface area (Å²) in [5, 5.41) is 1.17. The predicted molar refractivity (Wildman–Crippen MR) is 103 cm³/mol. The van der Waals surface area contributed by atoms with Crippen LogP contribution in [0.4, 0.5) is 23.2 Å². The summed E-state index contributed by atoms with van der Waals surface area (Å²) < 4.78 is 54.8. The number of anilines is 1. The normalized spacial score (nSPS) is 12.0. The largest absolute Gasteiger partial charge is 0.461 e. The van der Waals surface area contributed by atoms with Crippen LogP contribution in [0.15, 0.2) is 41.6 Å². The van der Waals surface area contributed by atoms with Crippen LogP contribution < -0.4 is 9.64 Å². The zero-order valence-electron chi connectivity index (χ0n) is 14.8. The lowest BCUT2D eigenvalue weighted by atomic mass is 10.2. The Balaban J connectivity index is 1.78. The summed E-state index contributed by atoms with van der Waals surface area (Å²) in [6.07, 6.45) is -8.47. The van der Waals surface area contributed by atoms with Gasteiger partial charge in [-0.15, -0.1) is 0 Å². The van der Waals surface area contributed by atoms with Gasteiger partial charge in [0.05, 0.1) is 11.0 Å². The van der Waals surface area contributed by atoms with Gasteiger partial charge in [-0.25, -0.2) is 4.98 Å². The number of hydrogen-bond acceptors (Lipinski definition) is 4. The van der Waals surface area contributed by atoms with Crippen molar-refractivity contribution in [1.82, 2.24) is 9.97 Å². The average Bonchev–Trinajstić information content (AvgIpc) is 3.01. The first-order valence-corrected chi connectivity index (χ1v) is 9.45. The Morgan fingerprint density at radius 2 is 1.96 bits per heavy atom. The summed E-state index contributed by atoms with van der Waals surface area (Å²) >= 11 is 7.48. The van der Waals surface area contributed by atoms with Crippen molar-refractivity contribution in [3.63, 3.8) is 0 Å². The second-order valence-corrected chi connectivity index (χ2v) is 7.54. The highest BCUT2D eigenvalue weighted by atomic mass is 35.5. The molecule has 0 saturated carbocycles. The number of ether oxygens (including phenoxy) is 1. The number of imidazole rings is 1. The Hall–Kier alpha value is -2.13. The molecule has 0 amide bonds. The van der Waals surface area contributed by atoms with Crippen LogP contribution >= 0.6 is 23.4 Å². The van der Waals surface area contributed by atoms with Gasteiger partial charge in [0.15, 0.2) is 5.16 Å². The van der Waals surface area contributed by atoms with E-state index in [-0.39, 0.29) is 5.75 Å². The second-order valence-electron chi connectivity index (χ2n) is 6.14. The first-order valence-electron chi connectivity index (χ1n) is 8.09. The molecule has 3 aromatic rings. The first kappa shape index (κ1) is 20.6. The maximum absolute atomic E-state index is 13.1. The number of nitrogens with one attached hydrogen (secondary N) is 1. The summed E-state index contributed by atoms with van der Waals surface area (Å²) in [6, 6.07) is 9.41. The molecule has 2 aromatic carbocycles. The van der Waals surface area contributed by atoms with Crippen molar-refractivity contribution in [3.05, 3.63) is 47.0 Å². The summed E-state index contributed by atoms with van der Waals surface area (Å²) in [5.41, 5.74) is 2.93. The highest BCUT2D eigenvalue weighted by Crippen LogP contribution is 2.32. The van der Waals surface area contributed by atoms with Crippen molar-refractivity contribution in [3.8, 4) is 5.75 Å². The van der Waals surface area contributed by atoms with Crippen molar-refractivity contribution >= 4 is 40.1 Å². The standard InChI is InChI=1S/C18H16ClF4N3OS/c1-26(2)15-6-3-11(19)7-10(15)9-28-17-24-13-5-4-12(8-14(13)25-17)27-18(22,23)16(20)21/h3-8,16H,9H2,1-2H3,(H,24,25). The van der Waals surface area contributed by atoms with Crippen LogP contribution in [0.2, 0.25) is 5.02 Å². The minimum atomic E-state index is -4.56. The number of alkyl halides is 4. The maximum Gasteiger partial charge on any atom is 0.461 e. The van der Waals surface area contributed by atoms with Crippen molar-refractivity contribution in [2.45, 2.75) is 23.4 Å². The molecule has 4 nitrogen and oxygen atoms in total. The third kappa shape index (κ3) is 4.64. The SMILES string of the molecule is CN(C)c1ccc(Cl)cc1CSc1nc2ccc(OC(F)(F)C(F)F)cc2[nH]1. The smallest absolute Gasteiger partial charge is 0.428 e. The zero-order chi connectivity index (χ0) is 20.5. The van der Waals surface area contributed by atoms with E-state index >= 15 is 0 Å². The quantitative estimate of drug-likeness (QED) is 0.377. The van der Waals surface area contributed by atoms with Gasteiger partial charge in [-0.2, -0.15) is 17.6 Å². The third-order valence-corrected chi connectivity index (χ3v) is 4.98. The Labute approximate surface area is 167 Å². The first-order chi connectivity index (χ1) is 13.2. The lowest BCUT2D eigenvalue weighted by Gasteiger charge is -2.17. The molecule has 0 saturated heterocycles. The van der Waals surface area contributed by atoms with Crippen LogP contribution in [0.3, 0.4) is 0 Å². The summed E-state index contributed by atoms with van der Waals surface area (Å²) in [6.45, 7) is 0. The number of aromatic nitrogens is 2. The van der Waals surface area contributed by atoms with E-state index in [1.54, 1.807) is 0 Å². The molecule has 0 aliphatic carbocycles. The molecule has 150 valence electrons. The van der Waals surface area contributed by atoms with Crippen LogP contribution in [0.25, 0.3) is 11.0 Å². The molecule has 28 heavy (non-hydrogen) atoms. The molecule has 0 radical (unpaired) electrons. The van der Waals surface area contributed by atoms with E-state index in [1.807, 2.05) is 37.2 Å². The van der Waals surface area contributed by atoms with Crippen LogP contribution in [-0.4, -0.2) is 36.6 Å². The molecule has 10 heteroatoms. The molecule has 0 spiro atoms. The number of benzene rings is 2. The molecule has 1 heterocycles. The molecule has 1 N–H and O–H groups in total. The fraction of sp³-hybridized carbons (Fsp3) is 0.278. The van der Waals surface area contributed by atoms with Gasteiger partial charge in [0, 0.05) is 36.6 Å². The fourth-order valence-corrected chi connectivity index (χ4v) is 3.61. The van der Waals surface area contributed by atoms with E-state index in [1.165, 1.54) is 30.0 Å². The van der Waals surface area contributed by atoms with E-state index in [2.05, 4.69) is 14.7 Å².